The van der Waals surface area contributed by atoms with Crippen LogP contribution >= 0.6 is 0 Å². The van der Waals surface area contributed by atoms with Gasteiger partial charge in [0.05, 0.1) is 7.11 Å². The van der Waals surface area contributed by atoms with Crippen LogP contribution in [-0.2, 0) is 6.54 Å². The zero-order valence-corrected chi connectivity index (χ0v) is 15.0. The van der Waals surface area contributed by atoms with Gasteiger partial charge in [0.2, 0.25) is 0 Å². The van der Waals surface area contributed by atoms with Crippen LogP contribution in [0.25, 0.3) is 0 Å². The molecule has 1 saturated carbocycles. The van der Waals surface area contributed by atoms with Crippen molar-refractivity contribution in [1.29, 1.82) is 0 Å². The smallest absolute Gasteiger partial charge is 0.193 e. The van der Waals surface area contributed by atoms with E-state index in [9.17, 15) is 0 Å². The van der Waals surface area contributed by atoms with Gasteiger partial charge < -0.3 is 15.0 Å². The number of methoxy groups -OCH3 is 1. The normalized spacial score (nSPS) is 16.3. The summed E-state index contributed by atoms with van der Waals surface area (Å²) in [7, 11) is 7.80. The first-order valence-electron chi connectivity index (χ1n) is 8.31. The maximum absolute atomic E-state index is 5.20. The first-order chi connectivity index (χ1) is 11.0. The van der Waals surface area contributed by atoms with E-state index in [0.29, 0.717) is 6.04 Å². The number of likely N-dealkylation sites (N-methyl/N-ethyl adjacent to an activating group) is 1. The third-order valence-corrected chi connectivity index (χ3v) is 4.53. The second kappa shape index (κ2) is 8.20. The molecule has 0 amide bonds. The lowest BCUT2D eigenvalue weighted by Gasteiger charge is -2.28. The zero-order chi connectivity index (χ0) is 16.8. The van der Waals surface area contributed by atoms with E-state index in [4.69, 9.17) is 4.74 Å². The number of ether oxygens (including phenoxy) is 1. The van der Waals surface area contributed by atoms with Crippen LogP contribution in [-0.4, -0.2) is 62.6 Å². The topological polar surface area (TPSA) is 40.1 Å². The lowest BCUT2D eigenvalue weighted by atomic mass is 10.2. The molecule has 23 heavy (non-hydrogen) atoms. The van der Waals surface area contributed by atoms with Crippen LogP contribution in [0.2, 0.25) is 0 Å². The number of hydrogen-bond donors (Lipinski definition) is 1. The molecule has 0 bridgehead atoms. The van der Waals surface area contributed by atoms with E-state index in [1.807, 2.05) is 19.2 Å². The largest absolute Gasteiger partial charge is 0.497 e. The highest BCUT2D eigenvalue weighted by Gasteiger charge is 2.29. The Kier molecular flexibility index (Phi) is 6.28. The molecular formula is C18H30N4O. The number of hydrogen-bond acceptors (Lipinski definition) is 3. The molecule has 1 atom stereocenters. The van der Waals surface area contributed by atoms with Crippen molar-refractivity contribution in [2.75, 3.05) is 34.8 Å². The Labute approximate surface area is 140 Å². The van der Waals surface area contributed by atoms with Crippen molar-refractivity contribution in [2.45, 2.75) is 38.4 Å². The maximum atomic E-state index is 5.20. The van der Waals surface area contributed by atoms with Crippen molar-refractivity contribution in [3.63, 3.8) is 0 Å². The highest BCUT2D eigenvalue weighted by atomic mass is 16.5. The van der Waals surface area contributed by atoms with Crippen molar-refractivity contribution in [1.82, 2.24) is 15.1 Å². The van der Waals surface area contributed by atoms with Crippen LogP contribution in [0.15, 0.2) is 29.3 Å². The summed E-state index contributed by atoms with van der Waals surface area (Å²) in [6.45, 7) is 3.99. The molecule has 5 nitrogen and oxygen atoms in total. The van der Waals surface area contributed by atoms with E-state index in [0.717, 1.165) is 30.8 Å². The molecule has 0 spiro atoms. The van der Waals surface area contributed by atoms with Crippen LogP contribution in [0.1, 0.15) is 25.3 Å². The van der Waals surface area contributed by atoms with E-state index < -0.39 is 0 Å². The summed E-state index contributed by atoms with van der Waals surface area (Å²) in [6, 6.07) is 9.45. The summed E-state index contributed by atoms with van der Waals surface area (Å²) in [6.07, 6.45) is 2.68. The molecule has 1 aromatic rings. The van der Waals surface area contributed by atoms with Gasteiger partial charge in [-0.2, -0.15) is 0 Å². The zero-order valence-electron chi connectivity index (χ0n) is 15.0. The number of aliphatic imine (C=N–C) groups is 1. The number of nitrogens with zero attached hydrogens (tertiary/aromatic N) is 3. The third-order valence-electron chi connectivity index (χ3n) is 4.53. The molecule has 1 fully saturated rings. The monoisotopic (exact) mass is 318 g/mol. The van der Waals surface area contributed by atoms with Crippen molar-refractivity contribution in [3.8, 4) is 5.75 Å². The lowest BCUT2D eigenvalue weighted by Crippen LogP contribution is -2.45. The highest BCUT2D eigenvalue weighted by Crippen LogP contribution is 2.26. The molecule has 1 N–H and O–H groups in total. The Morgan fingerprint density at radius 2 is 1.96 bits per heavy atom. The Hall–Kier alpha value is -1.75. The molecule has 1 aromatic carbocycles. The van der Waals surface area contributed by atoms with Gasteiger partial charge in [0.1, 0.15) is 5.75 Å². The van der Waals surface area contributed by atoms with Gasteiger partial charge in [0.25, 0.3) is 0 Å². The minimum atomic E-state index is 0.508. The summed E-state index contributed by atoms with van der Waals surface area (Å²) in [5, 5.41) is 3.48. The summed E-state index contributed by atoms with van der Waals surface area (Å²) >= 11 is 0. The standard InChI is InChI=1S/C18H30N4O/c1-14(22(4)16-8-9-16)12-20-18(19-2)21(3)13-15-6-10-17(23-5)11-7-15/h6-7,10-11,14,16H,8-9,12-13H2,1-5H3,(H,19,20). The first-order valence-corrected chi connectivity index (χ1v) is 8.31. The summed E-state index contributed by atoms with van der Waals surface area (Å²) < 4.78 is 5.20. The molecule has 1 aliphatic rings. The minimum Gasteiger partial charge on any atom is -0.497 e. The van der Waals surface area contributed by atoms with Crippen molar-refractivity contribution in [2.24, 2.45) is 4.99 Å². The van der Waals surface area contributed by atoms with Crippen LogP contribution in [0.3, 0.4) is 0 Å². The van der Waals surface area contributed by atoms with Gasteiger partial charge in [-0.3, -0.25) is 9.89 Å². The number of benzene rings is 1. The second-order valence-corrected chi connectivity index (χ2v) is 6.38. The van der Waals surface area contributed by atoms with Crippen LogP contribution in [0.4, 0.5) is 0 Å². The number of rotatable bonds is 7. The minimum absolute atomic E-state index is 0.508. The Bertz CT molecular complexity index is 510. The molecule has 1 unspecified atom stereocenters. The van der Waals surface area contributed by atoms with Gasteiger partial charge in [-0.05, 0) is 44.5 Å². The molecule has 0 saturated heterocycles. The van der Waals surface area contributed by atoms with Gasteiger partial charge in [-0.25, -0.2) is 0 Å². The second-order valence-electron chi connectivity index (χ2n) is 6.38. The predicted octanol–water partition coefficient (Wildman–Crippen LogP) is 2.19. The molecule has 128 valence electrons. The van der Waals surface area contributed by atoms with Crippen molar-refractivity contribution >= 4 is 5.96 Å². The summed E-state index contributed by atoms with van der Waals surface area (Å²) in [5.41, 5.74) is 1.24. The molecule has 0 heterocycles. The number of nitrogens with one attached hydrogen (secondary N) is 1. The number of guanidine groups is 1. The molecular weight excluding hydrogens is 288 g/mol. The average Bonchev–Trinajstić information content (AvgIpc) is 3.40. The average molecular weight is 318 g/mol. The maximum Gasteiger partial charge on any atom is 0.193 e. The molecule has 0 radical (unpaired) electrons. The highest BCUT2D eigenvalue weighted by molar-refractivity contribution is 5.79. The summed E-state index contributed by atoms with van der Waals surface area (Å²) in [5.74, 6) is 1.81. The first kappa shape index (κ1) is 17.6. The predicted molar refractivity (Wildman–Crippen MR) is 96.1 cm³/mol. The van der Waals surface area contributed by atoms with Crippen LogP contribution in [0, 0.1) is 0 Å². The van der Waals surface area contributed by atoms with Crippen molar-refractivity contribution in [3.05, 3.63) is 29.8 Å². The molecule has 0 aliphatic heterocycles. The van der Waals surface area contributed by atoms with E-state index in [1.54, 1.807) is 7.11 Å². The fourth-order valence-corrected chi connectivity index (χ4v) is 2.69. The van der Waals surface area contributed by atoms with Gasteiger partial charge in [-0.1, -0.05) is 12.1 Å². The van der Waals surface area contributed by atoms with E-state index in [2.05, 4.69) is 53.3 Å². The Morgan fingerprint density at radius 3 is 2.48 bits per heavy atom. The SMILES string of the molecule is CN=C(NCC(C)N(C)C1CC1)N(C)Cc1ccc(OC)cc1. The lowest BCUT2D eigenvalue weighted by molar-refractivity contribution is 0.246. The Morgan fingerprint density at radius 1 is 1.30 bits per heavy atom. The van der Waals surface area contributed by atoms with Crippen LogP contribution < -0.4 is 10.1 Å². The van der Waals surface area contributed by atoms with E-state index >= 15 is 0 Å². The summed E-state index contributed by atoms with van der Waals surface area (Å²) in [4.78, 5) is 9.00. The third kappa shape index (κ3) is 5.13. The molecule has 1 aliphatic carbocycles. The quantitative estimate of drug-likeness (QED) is 0.618. The fourth-order valence-electron chi connectivity index (χ4n) is 2.69. The van der Waals surface area contributed by atoms with E-state index in [-0.39, 0.29) is 0 Å². The van der Waals surface area contributed by atoms with Gasteiger partial charge >= 0.3 is 0 Å². The molecule has 2 rings (SSSR count). The molecule has 5 heteroatoms. The van der Waals surface area contributed by atoms with Gasteiger partial charge in [-0.15, -0.1) is 0 Å². The van der Waals surface area contributed by atoms with Gasteiger partial charge in [0.15, 0.2) is 5.96 Å². The van der Waals surface area contributed by atoms with E-state index in [1.165, 1.54) is 18.4 Å². The molecule has 0 aromatic heterocycles. The van der Waals surface area contributed by atoms with Crippen LogP contribution in [0.5, 0.6) is 5.75 Å². The van der Waals surface area contributed by atoms with Gasteiger partial charge in [0, 0.05) is 39.3 Å². The van der Waals surface area contributed by atoms with Crippen molar-refractivity contribution < 1.29 is 4.74 Å². The Balaban J connectivity index is 1.83. The fraction of sp³-hybridized carbons (Fsp3) is 0.611.